The van der Waals surface area contributed by atoms with Crippen LogP contribution < -0.4 is 0 Å². The first-order valence-electron chi connectivity index (χ1n) is 21.0. The molecule has 0 aromatic carbocycles. The van der Waals surface area contributed by atoms with Crippen LogP contribution in [0.25, 0.3) is 0 Å². The van der Waals surface area contributed by atoms with Crippen molar-refractivity contribution in [1.29, 1.82) is 0 Å². The maximum Gasteiger partial charge on any atom is 0.306 e. The first-order chi connectivity index (χ1) is 26.9. The smallest absolute Gasteiger partial charge is 0.306 e. The SMILES string of the molecule is CC[C@H]1CCC[C@H](O[C@H]2CC[C@H](N(C)C)C(C)O2)[C@@H](C)C(=O)C2=C[C@H]3[C@@H]4C[C@H](O[C@@H]5OC(C)[C@H](OC)C(OC)[C@@H]5OC)C[C@H]4c4[nH]c(=S)[nH]c4[C@H]3[C@@H]2CC(=O)O1. The molecule has 6 aliphatic rings. The third-order valence-corrected chi connectivity index (χ3v) is 14.3. The highest BCUT2D eigenvalue weighted by Gasteiger charge is 2.56. The summed E-state index contributed by atoms with van der Waals surface area (Å²) in [5.74, 6) is -0.950. The zero-order chi connectivity index (χ0) is 40.0. The molecular formula is C42H65N3O10S. The second-order valence-electron chi connectivity index (χ2n) is 17.4. The van der Waals surface area contributed by atoms with Crippen LogP contribution in [0.4, 0.5) is 0 Å². The number of hydrogen-bond donors (Lipinski definition) is 2. The van der Waals surface area contributed by atoms with Crippen molar-refractivity contribution in [2.45, 2.75) is 165 Å². The molecule has 3 aliphatic carbocycles. The van der Waals surface area contributed by atoms with E-state index < -0.39 is 18.3 Å². The fraction of sp³-hybridized carbons (Fsp3) is 0.833. The lowest BCUT2D eigenvalue weighted by molar-refractivity contribution is -0.314. The number of nitrogens with zero attached hydrogens (tertiary/aromatic N) is 1. The number of allylic oxidation sites excluding steroid dienone is 2. The fourth-order valence-electron chi connectivity index (χ4n) is 11.2. The van der Waals surface area contributed by atoms with Crippen molar-refractivity contribution in [2.75, 3.05) is 35.4 Å². The molecule has 3 unspecified atom stereocenters. The van der Waals surface area contributed by atoms with Crippen LogP contribution in [0.15, 0.2) is 11.6 Å². The molecular weight excluding hydrogens is 739 g/mol. The molecule has 1 aromatic rings. The van der Waals surface area contributed by atoms with Crippen molar-refractivity contribution in [3.8, 4) is 0 Å². The quantitative estimate of drug-likeness (QED) is 0.225. The molecule has 4 heterocycles. The maximum absolute atomic E-state index is 15.0. The lowest BCUT2D eigenvalue weighted by atomic mass is 9.67. The summed E-state index contributed by atoms with van der Waals surface area (Å²) in [5, 5.41) is 0. The van der Waals surface area contributed by atoms with E-state index in [0.29, 0.717) is 22.8 Å². The lowest BCUT2D eigenvalue weighted by Crippen LogP contribution is -2.59. The van der Waals surface area contributed by atoms with Crippen molar-refractivity contribution < 1.29 is 47.5 Å². The second-order valence-corrected chi connectivity index (χ2v) is 17.8. The molecule has 1 saturated carbocycles. The summed E-state index contributed by atoms with van der Waals surface area (Å²) in [6.45, 7) is 8.12. The van der Waals surface area contributed by atoms with Crippen molar-refractivity contribution in [1.82, 2.24) is 14.9 Å². The van der Waals surface area contributed by atoms with Gasteiger partial charge in [-0.25, -0.2) is 0 Å². The van der Waals surface area contributed by atoms with Gasteiger partial charge in [-0.15, -0.1) is 0 Å². The van der Waals surface area contributed by atoms with Crippen LogP contribution in [-0.4, -0.2) is 129 Å². The number of carbonyl (C=O) groups is 2. The Balaban J connectivity index is 1.18. The van der Waals surface area contributed by atoms with E-state index in [4.69, 9.17) is 50.1 Å². The third-order valence-electron chi connectivity index (χ3n) is 14.1. The number of hydrogen-bond acceptors (Lipinski definition) is 12. The summed E-state index contributed by atoms with van der Waals surface area (Å²) in [6.07, 6.45) is 5.30. The second kappa shape index (κ2) is 17.7. The van der Waals surface area contributed by atoms with E-state index in [-0.39, 0.29) is 96.8 Å². The van der Waals surface area contributed by atoms with E-state index in [1.807, 2.05) is 13.8 Å². The van der Waals surface area contributed by atoms with Gasteiger partial charge in [0.2, 0.25) is 0 Å². The van der Waals surface area contributed by atoms with Gasteiger partial charge < -0.3 is 52.8 Å². The molecule has 0 spiro atoms. The van der Waals surface area contributed by atoms with E-state index in [9.17, 15) is 9.59 Å². The van der Waals surface area contributed by atoms with Crippen LogP contribution in [0.2, 0.25) is 0 Å². The molecule has 13 nitrogen and oxygen atoms in total. The number of nitrogens with one attached hydrogen (secondary N) is 2. The minimum atomic E-state index is -0.654. The van der Waals surface area contributed by atoms with Crippen LogP contribution in [0, 0.1) is 28.4 Å². The average Bonchev–Trinajstić information content (AvgIpc) is 3.87. The zero-order valence-corrected chi connectivity index (χ0v) is 35.5. The van der Waals surface area contributed by atoms with Crippen LogP contribution in [0.5, 0.6) is 0 Å². The summed E-state index contributed by atoms with van der Waals surface area (Å²) in [5.41, 5.74) is 2.73. The number of aromatic amines is 2. The number of methoxy groups -OCH3 is 3. The molecule has 14 heteroatoms. The number of imidazole rings is 1. The van der Waals surface area contributed by atoms with Gasteiger partial charge in [-0.1, -0.05) is 19.9 Å². The Labute approximate surface area is 337 Å². The van der Waals surface area contributed by atoms with Crippen molar-refractivity contribution in [3.63, 3.8) is 0 Å². The molecule has 7 rings (SSSR count). The van der Waals surface area contributed by atoms with Crippen LogP contribution in [0.3, 0.4) is 0 Å². The molecule has 3 aliphatic heterocycles. The van der Waals surface area contributed by atoms with E-state index in [0.717, 1.165) is 56.3 Å². The summed E-state index contributed by atoms with van der Waals surface area (Å²) in [6, 6.07) is 0.318. The van der Waals surface area contributed by atoms with Gasteiger partial charge in [0.25, 0.3) is 0 Å². The number of ketones is 1. The van der Waals surface area contributed by atoms with Gasteiger partial charge in [0, 0.05) is 62.4 Å². The summed E-state index contributed by atoms with van der Waals surface area (Å²) in [7, 11) is 9.11. The van der Waals surface area contributed by atoms with E-state index >= 15 is 0 Å². The topological polar surface area (TPSA) is 143 Å². The largest absolute Gasteiger partial charge is 0.462 e. The summed E-state index contributed by atoms with van der Waals surface area (Å²) >= 11 is 5.73. The molecule has 0 bridgehead atoms. The van der Waals surface area contributed by atoms with Gasteiger partial charge in [-0.2, -0.15) is 0 Å². The minimum absolute atomic E-state index is 0.0142. The lowest BCUT2D eigenvalue weighted by Gasteiger charge is -2.44. The Morgan fingerprint density at radius 3 is 2.27 bits per heavy atom. The highest BCUT2D eigenvalue weighted by Crippen LogP contribution is 2.61. The molecule has 2 N–H and O–H groups in total. The van der Waals surface area contributed by atoms with E-state index in [1.165, 1.54) is 0 Å². The molecule has 4 fully saturated rings. The first kappa shape index (κ1) is 42.1. The number of Topliss-reactive ketones (excluding diaryl/α,β-unsaturated/α-hetero) is 1. The van der Waals surface area contributed by atoms with Gasteiger partial charge in [0.1, 0.15) is 24.4 Å². The highest BCUT2D eigenvalue weighted by molar-refractivity contribution is 7.71. The molecule has 3 saturated heterocycles. The summed E-state index contributed by atoms with van der Waals surface area (Å²) in [4.78, 5) is 37.9. The summed E-state index contributed by atoms with van der Waals surface area (Å²) < 4.78 is 50.5. The number of cyclic esters (lactones) is 1. The number of carbonyl (C=O) groups excluding carboxylic acids is 2. The van der Waals surface area contributed by atoms with Crippen LogP contribution >= 0.6 is 12.2 Å². The Morgan fingerprint density at radius 2 is 1.59 bits per heavy atom. The highest BCUT2D eigenvalue weighted by atomic mass is 32.1. The van der Waals surface area contributed by atoms with Crippen LogP contribution in [0.1, 0.15) is 109 Å². The van der Waals surface area contributed by atoms with E-state index in [1.54, 1.807) is 21.3 Å². The number of rotatable bonds is 9. The molecule has 314 valence electrons. The zero-order valence-electron chi connectivity index (χ0n) is 34.7. The van der Waals surface area contributed by atoms with Crippen molar-refractivity contribution in [3.05, 3.63) is 27.8 Å². The van der Waals surface area contributed by atoms with Gasteiger partial charge in [-0.3, -0.25) is 9.59 Å². The van der Waals surface area contributed by atoms with Gasteiger partial charge in [0.15, 0.2) is 23.1 Å². The van der Waals surface area contributed by atoms with Crippen molar-refractivity contribution in [2.24, 2.45) is 23.7 Å². The fourth-order valence-corrected chi connectivity index (χ4v) is 11.5. The molecule has 1 aromatic heterocycles. The minimum Gasteiger partial charge on any atom is -0.462 e. The van der Waals surface area contributed by atoms with Gasteiger partial charge in [0.05, 0.1) is 30.8 Å². The number of fused-ring (bicyclic) bond motifs is 8. The van der Waals surface area contributed by atoms with Crippen LogP contribution in [-0.2, 0) is 47.5 Å². The predicted molar refractivity (Wildman–Crippen MR) is 210 cm³/mol. The van der Waals surface area contributed by atoms with Gasteiger partial charge in [-0.05, 0) is 109 Å². The monoisotopic (exact) mass is 803 g/mol. The Bertz CT molecular complexity index is 1630. The maximum atomic E-state index is 15.0. The average molecular weight is 804 g/mol. The third kappa shape index (κ3) is 8.12. The Morgan fingerprint density at radius 1 is 0.857 bits per heavy atom. The first-order valence-corrected chi connectivity index (χ1v) is 21.4. The normalized spacial score (nSPS) is 43.2. The molecule has 0 radical (unpaired) electrons. The molecule has 17 atom stereocenters. The molecule has 56 heavy (non-hydrogen) atoms. The number of likely N-dealkylation sites (N-methyl/N-ethyl adjacent to an activating group) is 1. The number of H-pyrrole nitrogens is 2. The van der Waals surface area contributed by atoms with Gasteiger partial charge >= 0.3 is 5.97 Å². The molecule has 0 amide bonds. The van der Waals surface area contributed by atoms with Crippen molar-refractivity contribution >= 4 is 24.0 Å². The Hall–Kier alpha value is -2.01. The number of ether oxygens (including phenoxy) is 8. The van der Waals surface area contributed by atoms with E-state index in [2.05, 4.69) is 48.9 Å². The Kier molecular flexibility index (Phi) is 13.3. The number of aromatic nitrogens is 2. The standard InChI is InChI=1S/C42H65N3O10S/c1-10-23-12-11-13-31(55-33-15-14-30(45(5)6)21(3)51-33)20(2)37(47)29-18-26-25-16-24(54-41-40(50-9)39(49-8)38(48-7)22(4)52-41)17-28(25)35-36(44-42(56)43-35)34(26)27(29)19-32(46)53-23/h18,20-28,30-31,33-34,38-41H,10-17,19H2,1-9H3,(H2,43,44,56)/t20-,21?,22?,23+,24+,25+,26+,27-,28-,30+,31+,33+,34-,38+,39?,40+,41+/m1/s1. The number of esters is 1. The predicted octanol–water partition coefficient (Wildman–Crippen LogP) is 5.95.